The molecule has 0 saturated heterocycles. The van der Waals surface area contributed by atoms with Gasteiger partial charge in [-0.1, -0.05) is 26.0 Å². The number of para-hydroxylation sites is 2. The van der Waals surface area contributed by atoms with E-state index in [0.717, 1.165) is 22.4 Å². The fourth-order valence-electron chi connectivity index (χ4n) is 2.40. The van der Waals surface area contributed by atoms with Crippen LogP contribution >= 0.6 is 12.2 Å². The molecule has 0 aliphatic carbocycles. The van der Waals surface area contributed by atoms with Gasteiger partial charge in [0.05, 0.1) is 0 Å². The molecule has 2 aromatic carbocycles. The van der Waals surface area contributed by atoms with Crippen molar-refractivity contribution in [3.8, 4) is 11.5 Å². The van der Waals surface area contributed by atoms with Gasteiger partial charge in [-0.2, -0.15) is 0 Å². The molecule has 3 rings (SSSR count). The molecule has 0 aliphatic heterocycles. The summed E-state index contributed by atoms with van der Waals surface area (Å²) < 4.78 is 5.75. The van der Waals surface area contributed by atoms with Gasteiger partial charge in [0.25, 0.3) is 0 Å². The van der Waals surface area contributed by atoms with E-state index in [1.54, 1.807) is 0 Å². The number of carbonyl (C=O) groups is 1. The Morgan fingerprint density at radius 1 is 1.16 bits per heavy atom. The van der Waals surface area contributed by atoms with Gasteiger partial charge in [-0.05, 0) is 54.5 Å². The van der Waals surface area contributed by atoms with Crippen molar-refractivity contribution in [1.82, 2.24) is 10.3 Å². The number of thiocarbonyl (C=S) groups is 1. The van der Waals surface area contributed by atoms with E-state index in [1.165, 1.54) is 0 Å². The third-order valence-electron chi connectivity index (χ3n) is 3.53. The molecule has 0 saturated carbocycles. The van der Waals surface area contributed by atoms with Crippen LogP contribution in [0.25, 0.3) is 22.6 Å². The number of aromatic nitrogens is 1. The fourth-order valence-corrected chi connectivity index (χ4v) is 2.63. The lowest BCUT2D eigenvalue weighted by molar-refractivity contribution is -0.120. The number of fused-ring (bicyclic) bond motifs is 1. The molecule has 0 bridgehead atoms. The van der Waals surface area contributed by atoms with Crippen molar-refractivity contribution in [3.05, 3.63) is 48.5 Å². The molecule has 5 nitrogen and oxygen atoms in total. The molecule has 1 aromatic heterocycles. The number of anilines is 1. The maximum absolute atomic E-state index is 11.7. The molecule has 6 heteroatoms. The summed E-state index contributed by atoms with van der Waals surface area (Å²) in [7, 11) is 0. The van der Waals surface area contributed by atoms with E-state index in [9.17, 15) is 4.79 Å². The van der Waals surface area contributed by atoms with Crippen molar-refractivity contribution in [2.75, 3.05) is 5.32 Å². The van der Waals surface area contributed by atoms with Crippen LogP contribution in [-0.2, 0) is 4.79 Å². The standard InChI is InChI=1S/C19H19N3O2S/c1-12(2)11-17(23)22-19(25)20-14-9-7-13(8-10-14)18-21-15-5-3-4-6-16(15)24-18/h3-10,12H,11H2,1-2H3,(H2,20,22,23,25). The zero-order valence-corrected chi connectivity index (χ0v) is 14.9. The largest absolute Gasteiger partial charge is 0.436 e. The summed E-state index contributed by atoms with van der Waals surface area (Å²) >= 11 is 5.16. The van der Waals surface area contributed by atoms with Gasteiger partial charge in [0.2, 0.25) is 11.8 Å². The maximum Gasteiger partial charge on any atom is 0.227 e. The highest BCUT2D eigenvalue weighted by Crippen LogP contribution is 2.25. The lowest BCUT2D eigenvalue weighted by Gasteiger charge is -2.10. The van der Waals surface area contributed by atoms with Gasteiger partial charge in [-0.3, -0.25) is 4.79 Å². The number of benzene rings is 2. The molecule has 0 unspecified atom stereocenters. The fraction of sp³-hybridized carbons (Fsp3) is 0.211. The topological polar surface area (TPSA) is 67.2 Å². The third-order valence-corrected chi connectivity index (χ3v) is 3.73. The Morgan fingerprint density at radius 2 is 1.88 bits per heavy atom. The summed E-state index contributed by atoms with van der Waals surface area (Å²) in [5.74, 6) is 0.773. The number of amides is 1. The van der Waals surface area contributed by atoms with Crippen LogP contribution in [0.4, 0.5) is 5.69 Å². The van der Waals surface area contributed by atoms with E-state index in [-0.39, 0.29) is 5.91 Å². The monoisotopic (exact) mass is 353 g/mol. The molecule has 0 radical (unpaired) electrons. The van der Waals surface area contributed by atoms with E-state index in [0.29, 0.717) is 23.3 Å². The number of carbonyl (C=O) groups excluding carboxylic acids is 1. The molecule has 3 aromatic rings. The van der Waals surface area contributed by atoms with Crippen LogP contribution in [0.3, 0.4) is 0 Å². The minimum Gasteiger partial charge on any atom is -0.436 e. The Labute approximate surface area is 151 Å². The van der Waals surface area contributed by atoms with Gasteiger partial charge < -0.3 is 15.1 Å². The zero-order valence-electron chi connectivity index (χ0n) is 14.1. The first-order valence-corrected chi connectivity index (χ1v) is 8.49. The minimum atomic E-state index is -0.0874. The lowest BCUT2D eigenvalue weighted by Crippen LogP contribution is -2.34. The molecular weight excluding hydrogens is 334 g/mol. The average Bonchev–Trinajstić information content (AvgIpc) is 2.98. The first kappa shape index (κ1) is 17.1. The minimum absolute atomic E-state index is 0.0874. The van der Waals surface area contributed by atoms with Gasteiger partial charge in [0, 0.05) is 17.7 Å². The quantitative estimate of drug-likeness (QED) is 0.683. The first-order valence-electron chi connectivity index (χ1n) is 8.08. The smallest absolute Gasteiger partial charge is 0.227 e. The van der Waals surface area contributed by atoms with E-state index in [1.807, 2.05) is 62.4 Å². The summed E-state index contributed by atoms with van der Waals surface area (Å²) in [6.45, 7) is 3.97. The van der Waals surface area contributed by atoms with Crippen LogP contribution in [0.5, 0.6) is 0 Å². The molecule has 0 fully saturated rings. The number of nitrogens with zero attached hydrogens (tertiary/aromatic N) is 1. The number of hydrogen-bond acceptors (Lipinski definition) is 4. The second kappa shape index (κ2) is 7.44. The van der Waals surface area contributed by atoms with Gasteiger partial charge in [-0.15, -0.1) is 0 Å². The summed E-state index contributed by atoms with van der Waals surface area (Å²) in [5.41, 5.74) is 3.24. The molecule has 0 atom stereocenters. The maximum atomic E-state index is 11.7. The van der Waals surface area contributed by atoms with E-state index in [2.05, 4.69) is 15.6 Å². The molecule has 1 amide bonds. The van der Waals surface area contributed by atoms with Crippen molar-refractivity contribution in [2.45, 2.75) is 20.3 Å². The Bertz CT molecular complexity index is 867. The van der Waals surface area contributed by atoms with Crippen LogP contribution in [-0.4, -0.2) is 16.0 Å². The number of nitrogens with one attached hydrogen (secondary N) is 2. The van der Waals surface area contributed by atoms with E-state index < -0.39 is 0 Å². The lowest BCUT2D eigenvalue weighted by atomic mass is 10.1. The molecule has 0 spiro atoms. The van der Waals surface area contributed by atoms with Crippen LogP contribution in [0, 0.1) is 5.92 Å². The third kappa shape index (κ3) is 4.42. The Balaban J connectivity index is 1.66. The van der Waals surface area contributed by atoms with Gasteiger partial charge in [-0.25, -0.2) is 4.98 Å². The molecule has 25 heavy (non-hydrogen) atoms. The second-order valence-electron chi connectivity index (χ2n) is 6.16. The first-order chi connectivity index (χ1) is 12.0. The van der Waals surface area contributed by atoms with E-state index >= 15 is 0 Å². The van der Waals surface area contributed by atoms with Crippen LogP contribution < -0.4 is 10.6 Å². The van der Waals surface area contributed by atoms with Crippen molar-refractivity contribution in [1.29, 1.82) is 0 Å². The van der Waals surface area contributed by atoms with Crippen LogP contribution in [0.15, 0.2) is 52.9 Å². The molecule has 0 aliphatic rings. The summed E-state index contributed by atoms with van der Waals surface area (Å²) in [6.07, 6.45) is 0.443. The molecular formula is C19H19N3O2S. The van der Waals surface area contributed by atoms with Crippen molar-refractivity contribution in [2.24, 2.45) is 5.92 Å². The number of rotatable bonds is 4. The van der Waals surface area contributed by atoms with Crippen molar-refractivity contribution in [3.63, 3.8) is 0 Å². The van der Waals surface area contributed by atoms with Gasteiger partial charge in [0.1, 0.15) is 5.52 Å². The predicted molar refractivity (Wildman–Crippen MR) is 103 cm³/mol. The average molecular weight is 353 g/mol. The second-order valence-corrected chi connectivity index (χ2v) is 6.57. The van der Waals surface area contributed by atoms with Crippen molar-refractivity contribution < 1.29 is 9.21 Å². The highest BCUT2D eigenvalue weighted by molar-refractivity contribution is 7.80. The highest BCUT2D eigenvalue weighted by atomic mass is 32.1. The predicted octanol–water partition coefficient (Wildman–Crippen LogP) is 4.35. The summed E-state index contributed by atoms with van der Waals surface area (Å²) in [6, 6.07) is 15.2. The normalized spacial score (nSPS) is 10.8. The van der Waals surface area contributed by atoms with Gasteiger partial charge >= 0.3 is 0 Å². The molecule has 1 heterocycles. The number of oxazole rings is 1. The summed E-state index contributed by atoms with van der Waals surface area (Å²) in [5, 5.41) is 5.97. The zero-order chi connectivity index (χ0) is 17.8. The van der Waals surface area contributed by atoms with Crippen molar-refractivity contribution >= 4 is 40.0 Å². The summed E-state index contributed by atoms with van der Waals surface area (Å²) in [4.78, 5) is 16.2. The number of hydrogen-bond donors (Lipinski definition) is 2. The Hall–Kier alpha value is -2.73. The van der Waals surface area contributed by atoms with Gasteiger partial charge in [0.15, 0.2) is 10.7 Å². The Morgan fingerprint density at radius 3 is 2.56 bits per heavy atom. The van der Waals surface area contributed by atoms with Crippen LogP contribution in [0.2, 0.25) is 0 Å². The SMILES string of the molecule is CC(C)CC(=O)NC(=S)Nc1ccc(-c2nc3ccccc3o2)cc1. The molecule has 128 valence electrons. The van der Waals surface area contributed by atoms with E-state index in [4.69, 9.17) is 16.6 Å². The highest BCUT2D eigenvalue weighted by Gasteiger charge is 2.09. The molecule has 2 N–H and O–H groups in total. The Kier molecular flexibility index (Phi) is 5.09. The van der Waals surface area contributed by atoms with Crippen LogP contribution in [0.1, 0.15) is 20.3 Å².